The number of aromatic nitrogens is 1. The molecule has 2 N–H and O–H groups in total. The van der Waals surface area contributed by atoms with Gasteiger partial charge in [0.2, 0.25) is 0 Å². The maximum absolute atomic E-state index is 12.4. The van der Waals surface area contributed by atoms with E-state index in [-0.39, 0.29) is 39.0 Å². The second-order valence-corrected chi connectivity index (χ2v) is 8.21. The minimum atomic E-state index is -0.164. The molecule has 1 aromatic carbocycles. The van der Waals surface area contributed by atoms with E-state index in [0.29, 0.717) is 24.4 Å². The number of aryl methyl sites for hydroxylation is 3. The molecule has 146 valence electrons. The van der Waals surface area contributed by atoms with Crippen molar-refractivity contribution in [2.45, 2.75) is 40.5 Å². The molecule has 1 aromatic heterocycles. The van der Waals surface area contributed by atoms with E-state index in [4.69, 9.17) is 34.8 Å². The number of nitrogens with one attached hydrogen (secondary N) is 2. The molecule has 4 nitrogen and oxygen atoms in total. The average Bonchev–Trinajstić information content (AvgIpc) is 2.84. The maximum atomic E-state index is 12.4. The van der Waals surface area contributed by atoms with Crippen LogP contribution in [0.4, 0.5) is 0 Å². The molecule has 0 saturated carbocycles. The highest BCUT2D eigenvalue weighted by Crippen LogP contribution is 2.33. The van der Waals surface area contributed by atoms with Gasteiger partial charge in [0.25, 0.3) is 5.91 Å². The fourth-order valence-electron chi connectivity index (χ4n) is 2.94. The molecule has 27 heavy (non-hydrogen) atoms. The van der Waals surface area contributed by atoms with Gasteiger partial charge in [-0.25, -0.2) is 0 Å². The van der Waals surface area contributed by atoms with Gasteiger partial charge in [0.1, 0.15) is 10.8 Å². The Morgan fingerprint density at radius 1 is 1.07 bits per heavy atom. The standard InChI is InChI=1S/C20H23Cl3N2O2/c1-10(2)9-24-20(27)15-11(3)7-13(8-12(15)4)5-6-14(26)18-16(21)17(22)19(23)25-18/h7-8,10,25H,5-6,9H2,1-4H3,(H,24,27). The van der Waals surface area contributed by atoms with Crippen LogP contribution in [-0.2, 0) is 6.42 Å². The zero-order valence-electron chi connectivity index (χ0n) is 15.8. The number of ketones is 1. The van der Waals surface area contributed by atoms with E-state index in [1.165, 1.54) is 0 Å². The Kier molecular flexibility index (Phi) is 7.38. The summed E-state index contributed by atoms with van der Waals surface area (Å²) in [5, 5.41) is 3.42. The first-order valence-electron chi connectivity index (χ1n) is 8.75. The van der Waals surface area contributed by atoms with E-state index in [9.17, 15) is 9.59 Å². The van der Waals surface area contributed by atoms with Gasteiger partial charge in [-0.1, -0.05) is 60.8 Å². The Morgan fingerprint density at radius 3 is 2.15 bits per heavy atom. The third-order valence-electron chi connectivity index (χ3n) is 4.25. The SMILES string of the molecule is Cc1cc(CCC(=O)c2[nH]c(Cl)c(Cl)c2Cl)cc(C)c1C(=O)NCC(C)C. The van der Waals surface area contributed by atoms with Crippen molar-refractivity contribution in [1.82, 2.24) is 10.3 Å². The van der Waals surface area contributed by atoms with Crippen molar-refractivity contribution in [2.24, 2.45) is 5.92 Å². The summed E-state index contributed by atoms with van der Waals surface area (Å²) in [6.45, 7) is 8.55. The summed E-state index contributed by atoms with van der Waals surface area (Å²) in [6.07, 6.45) is 0.781. The number of hydrogen-bond donors (Lipinski definition) is 2. The smallest absolute Gasteiger partial charge is 0.251 e. The van der Waals surface area contributed by atoms with Crippen LogP contribution in [0.1, 0.15) is 57.8 Å². The number of Topliss-reactive ketones (excluding diaryl/α,β-unsaturated/α-hetero) is 1. The van der Waals surface area contributed by atoms with Crippen LogP contribution in [-0.4, -0.2) is 23.2 Å². The van der Waals surface area contributed by atoms with Crippen LogP contribution in [0.3, 0.4) is 0 Å². The summed E-state index contributed by atoms with van der Waals surface area (Å²) >= 11 is 17.8. The van der Waals surface area contributed by atoms with Crippen LogP contribution in [0.5, 0.6) is 0 Å². The third kappa shape index (κ3) is 5.28. The Hall–Kier alpha value is -1.49. The molecule has 0 aliphatic heterocycles. The topological polar surface area (TPSA) is 62.0 Å². The van der Waals surface area contributed by atoms with Crippen molar-refractivity contribution in [1.29, 1.82) is 0 Å². The van der Waals surface area contributed by atoms with E-state index in [0.717, 1.165) is 16.7 Å². The quantitative estimate of drug-likeness (QED) is 0.547. The van der Waals surface area contributed by atoms with E-state index in [1.54, 1.807) is 0 Å². The molecule has 1 amide bonds. The van der Waals surface area contributed by atoms with Gasteiger partial charge in [0, 0.05) is 18.5 Å². The molecule has 2 aromatic rings. The fraction of sp³-hybridized carbons (Fsp3) is 0.400. The van der Waals surface area contributed by atoms with Gasteiger partial charge in [-0.15, -0.1) is 0 Å². The van der Waals surface area contributed by atoms with Gasteiger partial charge in [0.05, 0.1) is 10.0 Å². The number of aromatic amines is 1. The molecule has 0 fully saturated rings. The van der Waals surface area contributed by atoms with E-state index in [1.807, 2.05) is 26.0 Å². The zero-order chi connectivity index (χ0) is 20.3. The van der Waals surface area contributed by atoms with Gasteiger partial charge >= 0.3 is 0 Å². The number of halogens is 3. The lowest BCUT2D eigenvalue weighted by atomic mass is 9.95. The van der Waals surface area contributed by atoms with Gasteiger partial charge in [0.15, 0.2) is 5.78 Å². The minimum absolute atomic E-state index is 0.0659. The van der Waals surface area contributed by atoms with E-state index in [2.05, 4.69) is 24.1 Å². The molecule has 0 saturated heterocycles. The predicted molar refractivity (Wildman–Crippen MR) is 112 cm³/mol. The van der Waals surface area contributed by atoms with Crippen LogP contribution < -0.4 is 5.32 Å². The van der Waals surface area contributed by atoms with Crippen molar-refractivity contribution in [3.8, 4) is 0 Å². The molecule has 0 aliphatic rings. The molecular formula is C20H23Cl3N2O2. The second kappa shape index (κ2) is 9.13. The number of H-pyrrole nitrogens is 1. The van der Waals surface area contributed by atoms with Crippen LogP contribution in [0.15, 0.2) is 12.1 Å². The Labute approximate surface area is 174 Å². The van der Waals surface area contributed by atoms with Gasteiger partial charge < -0.3 is 10.3 Å². The monoisotopic (exact) mass is 428 g/mol. The summed E-state index contributed by atoms with van der Waals surface area (Å²) < 4.78 is 0. The highest BCUT2D eigenvalue weighted by Gasteiger charge is 2.19. The van der Waals surface area contributed by atoms with Crippen LogP contribution in [0.25, 0.3) is 0 Å². The molecule has 0 aliphatic carbocycles. The van der Waals surface area contributed by atoms with Crippen LogP contribution in [0.2, 0.25) is 15.2 Å². The predicted octanol–water partition coefficient (Wildman–Crippen LogP) is 5.79. The molecule has 0 atom stereocenters. The first-order valence-corrected chi connectivity index (χ1v) is 9.89. The Balaban J connectivity index is 2.10. The third-order valence-corrected chi connectivity index (χ3v) is 5.48. The summed E-state index contributed by atoms with van der Waals surface area (Å²) in [5.41, 5.74) is 3.69. The molecule has 0 unspecified atom stereocenters. The van der Waals surface area contributed by atoms with E-state index >= 15 is 0 Å². The number of hydrogen-bond acceptors (Lipinski definition) is 2. The largest absolute Gasteiger partial charge is 0.352 e. The number of amides is 1. The summed E-state index contributed by atoms with van der Waals surface area (Å²) in [7, 11) is 0. The molecule has 0 spiro atoms. The van der Waals surface area contributed by atoms with Crippen molar-refractivity contribution < 1.29 is 9.59 Å². The van der Waals surface area contributed by atoms with Crippen molar-refractivity contribution in [2.75, 3.05) is 6.54 Å². The van der Waals surface area contributed by atoms with Gasteiger partial charge in [-0.3, -0.25) is 9.59 Å². The van der Waals surface area contributed by atoms with Crippen molar-refractivity contribution in [3.05, 3.63) is 55.3 Å². The number of carbonyl (C=O) groups excluding carboxylic acids is 2. The second-order valence-electron chi connectivity index (χ2n) is 7.07. The molecular weight excluding hydrogens is 407 g/mol. The lowest BCUT2D eigenvalue weighted by Gasteiger charge is -2.14. The number of benzene rings is 1. The molecule has 1 heterocycles. The summed E-state index contributed by atoms with van der Waals surface area (Å²) in [6, 6.07) is 3.89. The van der Waals surface area contributed by atoms with Crippen LogP contribution in [0, 0.1) is 19.8 Å². The lowest BCUT2D eigenvalue weighted by molar-refractivity contribution is 0.0945. The first kappa shape index (κ1) is 21.8. The Morgan fingerprint density at radius 2 is 1.67 bits per heavy atom. The highest BCUT2D eigenvalue weighted by molar-refractivity contribution is 6.49. The highest BCUT2D eigenvalue weighted by atomic mass is 35.5. The van der Waals surface area contributed by atoms with Gasteiger partial charge in [-0.05, 0) is 42.9 Å². The lowest BCUT2D eigenvalue weighted by Crippen LogP contribution is -2.28. The summed E-state index contributed by atoms with van der Waals surface area (Å²) in [4.78, 5) is 27.5. The van der Waals surface area contributed by atoms with Crippen molar-refractivity contribution in [3.63, 3.8) is 0 Å². The zero-order valence-corrected chi connectivity index (χ0v) is 18.1. The number of rotatable bonds is 7. The summed E-state index contributed by atoms with van der Waals surface area (Å²) in [5.74, 6) is 0.160. The van der Waals surface area contributed by atoms with E-state index < -0.39 is 0 Å². The molecule has 2 rings (SSSR count). The average molecular weight is 430 g/mol. The number of carbonyl (C=O) groups is 2. The first-order chi connectivity index (χ1) is 12.6. The normalized spacial score (nSPS) is 11.1. The van der Waals surface area contributed by atoms with Gasteiger partial charge in [-0.2, -0.15) is 0 Å². The Bertz CT molecular complexity index is 849. The fourth-order valence-corrected chi connectivity index (χ4v) is 3.57. The molecule has 0 radical (unpaired) electrons. The van der Waals surface area contributed by atoms with Crippen molar-refractivity contribution >= 4 is 46.5 Å². The molecule has 0 bridgehead atoms. The minimum Gasteiger partial charge on any atom is -0.352 e. The molecule has 7 heteroatoms. The maximum Gasteiger partial charge on any atom is 0.251 e. The van der Waals surface area contributed by atoms with Crippen LogP contribution >= 0.6 is 34.8 Å².